The van der Waals surface area contributed by atoms with Crippen molar-refractivity contribution in [3.8, 4) is 0 Å². The molecular weight excluding hydrogens is 552 g/mol. The molecule has 0 saturated carbocycles. The largest absolute Gasteiger partial charge is 1.00 e. The number of anilines is 3. The number of nitrogens with one attached hydrogen (secondary N) is 3. The fourth-order valence-corrected chi connectivity index (χ4v) is 4.56. The monoisotopic (exact) mass is 592 g/mol. The predicted molar refractivity (Wildman–Crippen MR) is 152 cm³/mol. The molecule has 2 aromatic rings. The molecule has 5 N–H and O–H groups in total. The summed E-state index contributed by atoms with van der Waals surface area (Å²) in [5.41, 5.74) is 0.563. The van der Waals surface area contributed by atoms with Crippen LogP contribution in [0.5, 0.6) is 0 Å². The first-order chi connectivity index (χ1) is 18.9. The number of alkyl halides is 3. The van der Waals surface area contributed by atoms with Crippen LogP contribution in [0.25, 0.3) is 0 Å². The van der Waals surface area contributed by atoms with Crippen LogP contribution < -0.4 is 39.4 Å². The van der Waals surface area contributed by atoms with Crippen LogP contribution in [0.2, 0.25) is 0 Å². The number of rotatable bonds is 12. The van der Waals surface area contributed by atoms with Gasteiger partial charge < -0.3 is 34.3 Å². The van der Waals surface area contributed by atoms with Gasteiger partial charge in [-0.2, -0.15) is 44.8 Å². The standard InChI is InChI=1S/C16H20F3N6O2S.C10H20N2.Li/c1-2-11-6-3-4-7-13(11)24-15-22-10-12(16(17,18)19)14(25-15)21-8-5-9-23-28(20,26)27;1-4-12(5-2)10-6-8-11(3)9-7-10;/h4,6-7,10,23H,2,5,8-9H2,1H3,(H2,20,26,27)(H2,21,22,24,25);10H,1-2,4-9H2,3H3;/q-1;-2;+1. The molecule has 226 valence electrons. The SMILES string of the molecule is CCc1c[c-]ccc1Nc1ncc(C(F)(F)F)c(NCCCNS(N)(=O)=O)n1.[CH2-]CN(C[CH2-])C1CCN(C)CC1.[Li+]. The van der Waals surface area contributed by atoms with Crippen molar-refractivity contribution in [3.05, 3.63) is 55.4 Å². The molecule has 41 heavy (non-hydrogen) atoms. The van der Waals surface area contributed by atoms with Crippen LogP contribution in [0.3, 0.4) is 0 Å². The van der Waals surface area contributed by atoms with Crippen molar-refractivity contribution in [1.82, 2.24) is 24.5 Å². The Kier molecular flexibility index (Phi) is 16.2. The van der Waals surface area contributed by atoms with Crippen molar-refractivity contribution in [2.75, 3.05) is 56.9 Å². The Balaban J connectivity index is 0.000000542. The van der Waals surface area contributed by atoms with Gasteiger partial charge in [0.25, 0.3) is 10.2 Å². The summed E-state index contributed by atoms with van der Waals surface area (Å²) in [7, 11) is -1.66. The van der Waals surface area contributed by atoms with Crippen LogP contribution in [0.1, 0.15) is 37.3 Å². The van der Waals surface area contributed by atoms with Gasteiger partial charge in [-0.05, 0) is 39.4 Å². The first-order valence-electron chi connectivity index (χ1n) is 13.1. The number of likely N-dealkylation sites (tertiary alicyclic amines) is 1. The molecule has 3 rings (SSSR count). The molecule has 0 spiro atoms. The number of hydrogen-bond acceptors (Lipinski definition) is 8. The molecule has 1 saturated heterocycles. The maximum Gasteiger partial charge on any atom is 1.00 e. The molecule has 10 nitrogen and oxygen atoms in total. The van der Waals surface area contributed by atoms with E-state index in [9.17, 15) is 21.6 Å². The summed E-state index contributed by atoms with van der Waals surface area (Å²) in [6.07, 6.45) is -0.489. The second-order valence-corrected chi connectivity index (χ2v) is 10.7. The first-order valence-corrected chi connectivity index (χ1v) is 14.6. The molecule has 0 atom stereocenters. The summed E-state index contributed by atoms with van der Waals surface area (Å²) < 4.78 is 63.2. The maximum atomic E-state index is 13.2. The molecule has 0 amide bonds. The van der Waals surface area contributed by atoms with E-state index in [1.54, 1.807) is 18.2 Å². The fraction of sp³-hybridized carbons (Fsp3) is 0.538. The van der Waals surface area contributed by atoms with Crippen molar-refractivity contribution in [1.29, 1.82) is 0 Å². The molecule has 1 fully saturated rings. The molecule has 1 aliphatic rings. The Morgan fingerprint density at radius 1 is 1.22 bits per heavy atom. The zero-order chi connectivity index (χ0) is 29.8. The first kappa shape index (κ1) is 37.1. The molecule has 2 heterocycles. The van der Waals surface area contributed by atoms with E-state index >= 15 is 0 Å². The Labute approximate surface area is 254 Å². The molecule has 0 radical (unpaired) electrons. The number of piperidine rings is 1. The molecule has 0 bridgehead atoms. The van der Waals surface area contributed by atoms with E-state index in [-0.39, 0.29) is 44.3 Å². The van der Waals surface area contributed by atoms with Crippen LogP contribution in [0.4, 0.5) is 30.6 Å². The third-order valence-corrected chi connectivity index (χ3v) is 7.01. The number of nitrogens with two attached hydrogens (primary N) is 1. The Hall–Kier alpha value is -1.92. The minimum Gasteiger partial charge on any atom is -0.369 e. The van der Waals surface area contributed by atoms with Gasteiger partial charge >= 0.3 is 25.0 Å². The van der Waals surface area contributed by atoms with E-state index in [1.807, 2.05) is 11.6 Å². The quantitative estimate of drug-likeness (QED) is 0.157. The average molecular weight is 593 g/mol. The number of halogens is 3. The minimum absolute atomic E-state index is 0. The van der Waals surface area contributed by atoms with E-state index < -0.39 is 27.8 Å². The van der Waals surface area contributed by atoms with Crippen molar-refractivity contribution >= 4 is 27.7 Å². The minimum atomic E-state index is -4.64. The number of aromatic nitrogens is 2. The Morgan fingerprint density at radius 2 is 1.88 bits per heavy atom. The zero-order valence-corrected chi connectivity index (χ0v) is 24.9. The van der Waals surface area contributed by atoms with Gasteiger partial charge in [0.15, 0.2) is 0 Å². The second kappa shape index (κ2) is 17.9. The van der Waals surface area contributed by atoms with Crippen LogP contribution in [-0.4, -0.2) is 80.5 Å². The average Bonchev–Trinajstić information content (AvgIpc) is 2.90. The van der Waals surface area contributed by atoms with Gasteiger partial charge in [0.1, 0.15) is 11.4 Å². The van der Waals surface area contributed by atoms with Crippen LogP contribution in [0.15, 0.2) is 24.4 Å². The smallest absolute Gasteiger partial charge is 0.369 e. The fourth-order valence-electron chi connectivity index (χ4n) is 4.13. The molecule has 15 heteroatoms. The van der Waals surface area contributed by atoms with E-state index in [0.29, 0.717) is 18.3 Å². The van der Waals surface area contributed by atoms with Crippen molar-refractivity contribution in [2.24, 2.45) is 5.14 Å². The topological polar surface area (TPSA) is 129 Å². The van der Waals surface area contributed by atoms with Gasteiger partial charge in [0, 0.05) is 25.3 Å². The maximum absolute atomic E-state index is 13.2. The molecule has 1 aromatic carbocycles. The van der Waals surface area contributed by atoms with E-state index in [4.69, 9.17) is 5.14 Å². The molecular formula is C26H40F3LiN8O2S-2. The summed E-state index contributed by atoms with van der Waals surface area (Å²) >= 11 is 0. The molecule has 0 unspecified atom stereocenters. The third kappa shape index (κ3) is 13.3. The summed E-state index contributed by atoms with van der Waals surface area (Å²) in [6.45, 7) is 14.1. The van der Waals surface area contributed by atoms with Gasteiger partial charge in [0.05, 0.1) is 0 Å². The van der Waals surface area contributed by atoms with Crippen molar-refractivity contribution in [3.63, 3.8) is 0 Å². The van der Waals surface area contributed by atoms with Crippen molar-refractivity contribution < 1.29 is 40.4 Å². The summed E-state index contributed by atoms with van der Waals surface area (Å²) in [4.78, 5) is 12.4. The Morgan fingerprint density at radius 3 is 2.44 bits per heavy atom. The number of hydrogen-bond donors (Lipinski definition) is 4. The second-order valence-electron chi connectivity index (χ2n) is 9.31. The predicted octanol–water partition coefficient (Wildman–Crippen LogP) is 0.251. The third-order valence-electron chi connectivity index (χ3n) is 6.40. The van der Waals surface area contributed by atoms with Gasteiger partial charge in [-0.1, -0.05) is 19.0 Å². The van der Waals surface area contributed by atoms with Gasteiger partial charge in [-0.15, -0.1) is 24.7 Å². The van der Waals surface area contributed by atoms with Crippen LogP contribution in [-0.2, 0) is 22.8 Å². The van der Waals surface area contributed by atoms with Gasteiger partial charge in [-0.25, -0.2) is 14.8 Å². The Bertz CT molecular complexity index is 1150. The van der Waals surface area contributed by atoms with Crippen molar-refractivity contribution in [2.45, 2.75) is 44.8 Å². The molecule has 0 aliphatic carbocycles. The summed E-state index contributed by atoms with van der Waals surface area (Å²) in [6, 6.07) is 8.83. The van der Waals surface area contributed by atoms with Crippen LogP contribution in [0, 0.1) is 19.9 Å². The zero-order valence-electron chi connectivity index (χ0n) is 24.1. The van der Waals surface area contributed by atoms with E-state index in [2.05, 4.69) is 57.4 Å². The van der Waals surface area contributed by atoms with Crippen LogP contribution >= 0.6 is 0 Å². The van der Waals surface area contributed by atoms with Gasteiger partial charge in [-0.3, -0.25) is 0 Å². The van der Waals surface area contributed by atoms with E-state index in [1.165, 1.54) is 25.9 Å². The van der Waals surface area contributed by atoms with E-state index in [0.717, 1.165) is 24.7 Å². The number of nitrogens with zero attached hydrogens (tertiary/aromatic N) is 4. The normalized spacial score (nSPS) is 14.7. The summed E-state index contributed by atoms with van der Waals surface area (Å²) in [5, 5.41) is 10.3. The number of aryl methyl sites for hydroxylation is 1. The number of benzene rings is 1. The summed E-state index contributed by atoms with van der Waals surface area (Å²) in [5.74, 6) is -0.403. The molecule has 1 aliphatic heterocycles. The van der Waals surface area contributed by atoms with Gasteiger partial charge in [0.2, 0.25) is 5.95 Å². The molecule has 1 aromatic heterocycles.